The van der Waals surface area contributed by atoms with E-state index in [1.54, 1.807) is 114 Å². The molecule has 0 bridgehead atoms. The van der Waals surface area contributed by atoms with Gasteiger partial charge in [-0.3, -0.25) is 18.7 Å². The Morgan fingerprint density at radius 1 is 0.483 bits per heavy atom. The van der Waals surface area contributed by atoms with Crippen LogP contribution in [0.2, 0.25) is 10.0 Å². The van der Waals surface area contributed by atoms with Crippen LogP contribution in [0.3, 0.4) is 0 Å². The summed E-state index contributed by atoms with van der Waals surface area (Å²) in [6.07, 6.45) is 7.81. The van der Waals surface area contributed by atoms with Gasteiger partial charge in [-0.25, -0.2) is 19.6 Å². The quantitative estimate of drug-likeness (QED) is 0.0667. The fourth-order valence-corrected chi connectivity index (χ4v) is 6.11. The third kappa shape index (κ3) is 8.83. The van der Waals surface area contributed by atoms with E-state index in [4.69, 9.17) is 42.1 Å². The molecule has 0 aliphatic heterocycles. The number of ether oxygens (including phenoxy) is 4. The monoisotopic (exact) mass is 822 g/mol. The molecule has 58 heavy (non-hydrogen) atoms. The number of imidazole rings is 2. The van der Waals surface area contributed by atoms with Gasteiger partial charge in [-0.1, -0.05) is 113 Å². The molecule has 0 radical (unpaired) electrons. The SMILES string of the molecule is CC(C)(C)C(=O)C(OC(=O)C(=O)OC(Oc1ccc(-c2ccc(Cl)cc2)cc1)(C(=O)C(C)(C)C)n1ccnc1)(Oc1ccc(-c2ccc(Cl)cc2)cc1)n1ccnc1. The average molecular weight is 824 g/mol. The van der Waals surface area contributed by atoms with Gasteiger partial charge in [0.25, 0.3) is 0 Å². The second-order valence-electron chi connectivity index (χ2n) is 15.3. The number of carbonyl (C=O) groups excluding carboxylic acids is 4. The van der Waals surface area contributed by atoms with Crippen molar-refractivity contribution in [2.45, 2.75) is 53.4 Å². The van der Waals surface area contributed by atoms with Crippen LogP contribution in [0, 0.1) is 10.8 Å². The number of hydrogen-bond donors (Lipinski definition) is 0. The molecule has 0 fully saturated rings. The molecular formula is C44H40Cl2N4O8. The number of halogens is 2. The lowest BCUT2D eigenvalue weighted by Crippen LogP contribution is -2.58. The van der Waals surface area contributed by atoms with Gasteiger partial charge in [0, 0.05) is 45.7 Å². The average Bonchev–Trinajstić information content (AvgIpc) is 3.94. The van der Waals surface area contributed by atoms with Gasteiger partial charge in [-0.05, 0) is 70.8 Å². The molecule has 2 aromatic heterocycles. The molecule has 2 unspecified atom stereocenters. The lowest BCUT2D eigenvalue weighted by molar-refractivity contribution is -0.253. The molecule has 298 valence electrons. The summed E-state index contributed by atoms with van der Waals surface area (Å²) in [5.74, 6) is -9.94. The fourth-order valence-electron chi connectivity index (χ4n) is 5.86. The topological polar surface area (TPSA) is 141 Å². The molecular weight excluding hydrogens is 783 g/mol. The first-order chi connectivity index (χ1) is 27.4. The van der Waals surface area contributed by atoms with E-state index >= 15 is 0 Å². The number of esters is 2. The van der Waals surface area contributed by atoms with Crippen molar-refractivity contribution in [2.24, 2.45) is 10.8 Å². The summed E-state index contributed by atoms with van der Waals surface area (Å²) in [6.45, 7) is 9.57. The Hall–Kier alpha value is -6.24. The summed E-state index contributed by atoms with van der Waals surface area (Å²) in [4.78, 5) is 65.4. The highest BCUT2D eigenvalue weighted by atomic mass is 35.5. The summed E-state index contributed by atoms with van der Waals surface area (Å²) >= 11 is 12.1. The summed E-state index contributed by atoms with van der Waals surface area (Å²) in [6, 6.07) is 27.7. The van der Waals surface area contributed by atoms with E-state index in [-0.39, 0.29) is 11.5 Å². The Balaban J connectivity index is 1.37. The zero-order valence-electron chi connectivity index (χ0n) is 32.5. The van der Waals surface area contributed by atoms with Crippen molar-refractivity contribution in [3.63, 3.8) is 0 Å². The predicted octanol–water partition coefficient (Wildman–Crippen LogP) is 9.12. The summed E-state index contributed by atoms with van der Waals surface area (Å²) < 4.78 is 26.5. The standard InChI is InChI=1S/C44H40Cl2N4O8/c1-41(2,3)39(53)43(49-25-23-47-27-49,55-35-19-11-31(12-20-35)29-7-15-33(45)16-8-29)57-37(51)38(52)58-44(40(54)42(4,5)6,50-26-24-48-28-50)56-36-21-13-32(14-22-36)30-9-17-34(46)18-10-30/h7-28H,1-6H3. The van der Waals surface area contributed by atoms with Gasteiger partial charge in [0.1, 0.15) is 24.2 Å². The predicted molar refractivity (Wildman–Crippen MR) is 217 cm³/mol. The van der Waals surface area contributed by atoms with Crippen LogP contribution in [-0.4, -0.2) is 42.6 Å². The van der Waals surface area contributed by atoms with Crippen LogP contribution < -0.4 is 9.47 Å². The number of benzene rings is 4. The number of aromatic nitrogens is 4. The van der Waals surface area contributed by atoms with Gasteiger partial charge in [-0.15, -0.1) is 0 Å². The van der Waals surface area contributed by atoms with Gasteiger partial charge < -0.3 is 18.9 Å². The first-order valence-electron chi connectivity index (χ1n) is 18.0. The number of Topliss-reactive ketones (excluding diaryl/α,β-unsaturated/α-hetero) is 2. The Labute approximate surface area is 345 Å². The highest BCUT2D eigenvalue weighted by Crippen LogP contribution is 2.37. The lowest BCUT2D eigenvalue weighted by atomic mass is 9.88. The fraction of sp³-hybridized carbons (Fsp3) is 0.227. The molecule has 2 heterocycles. The smallest absolute Gasteiger partial charge is 0.422 e. The molecule has 6 rings (SSSR count). The van der Waals surface area contributed by atoms with E-state index in [2.05, 4.69) is 9.97 Å². The third-order valence-electron chi connectivity index (χ3n) is 8.83. The van der Waals surface area contributed by atoms with Crippen LogP contribution in [0.1, 0.15) is 41.5 Å². The van der Waals surface area contributed by atoms with Crippen molar-refractivity contribution in [3.05, 3.63) is 145 Å². The van der Waals surface area contributed by atoms with Gasteiger partial charge in [0.05, 0.1) is 0 Å². The van der Waals surface area contributed by atoms with Crippen molar-refractivity contribution >= 4 is 46.7 Å². The number of carbonyl (C=O) groups is 4. The van der Waals surface area contributed by atoms with Crippen LogP contribution >= 0.6 is 23.2 Å². The van der Waals surface area contributed by atoms with Crippen molar-refractivity contribution in [1.29, 1.82) is 0 Å². The number of rotatable bonds is 12. The van der Waals surface area contributed by atoms with Crippen LogP contribution in [0.5, 0.6) is 11.5 Å². The van der Waals surface area contributed by atoms with Crippen molar-refractivity contribution in [2.75, 3.05) is 0 Å². The van der Waals surface area contributed by atoms with E-state index in [9.17, 15) is 19.2 Å². The summed E-state index contributed by atoms with van der Waals surface area (Å²) in [5.41, 5.74) is 0.895. The second kappa shape index (κ2) is 16.3. The van der Waals surface area contributed by atoms with Gasteiger partial charge in [-0.2, -0.15) is 0 Å². The Kier molecular flexibility index (Phi) is 11.6. The zero-order chi connectivity index (χ0) is 41.9. The number of hydrogen-bond acceptors (Lipinski definition) is 10. The third-order valence-corrected chi connectivity index (χ3v) is 9.33. The maximum absolute atomic E-state index is 14.5. The highest BCUT2D eigenvalue weighted by Gasteiger charge is 2.56. The summed E-state index contributed by atoms with van der Waals surface area (Å²) in [5, 5.41) is 1.16. The molecule has 0 aliphatic carbocycles. The minimum atomic E-state index is -2.63. The maximum Gasteiger partial charge on any atom is 0.422 e. The van der Waals surface area contributed by atoms with Crippen LogP contribution in [-0.2, 0) is 40.5 Å². The second-order valence-corrected chi connectivity index (χ2v) is 16.2. The first-order valence-corrected chi connectivity index (χ1v) is 18.8. The van der Waals surface area contributed by atoms with Crippen LogP contribution in [0.25, 0.3) is 22.3 Å². The Morgan fingerprint density at radius 2 is 0.776 bits per heavy atom. The summed E-state index contributed by atoms with van der Waals surface area (Å²) in [7, 11) is 0. The minimum Gasteiger partial charge on any atom is -0.429 e. The van der Waals surface area contributed by atoms with Crippen molar-refractivity contribution in [1.82, 2.24) is 19.1 Å². The van der Waals surface area contributed by atoms with E-state index in [0.29, 0.717) is 10.0 Å². The number of ketones is 2. The maximum atomic E-state index is 14.5. The van der Waals surface area contributed by atoms with Crippen molar-refractivity contribution < 1.29 is 38.1 Å². The molecule has 12 nitrogen and oxygen atoms in total. The molecule has 0 saturated carbocycles. The molecule has 0 saturated heterocycles. The van der Waals surface area contributed by atoms with Crippen LogP contribution in [0.4, 0.5) is 0 Å². The minimum absolute atomic E-state index is 0.103. The molecule has 14 heteroatoms. The van der Waals surface area contributed by atoms with Crippen LogP contribution in [0.15, 0.2) is 135 Å². The lowest BCUT2D eigenvalue weighted by Gasteiger charge is -2.38. The first kappa shape index (κ1) is 41.4. The largest absolute Gasteiger partial charge is 0.429 e. The van der Waals surface area contributed by atoms with Gasteiger partial charge >= 0.3 is 23.8 Å². The van der Waals surface area contributed by atoms with Gasteiger partial charge in [0.2, 0.25) is 11.6 Å². The molecule has 4 aromatic carbocycles. The zero-order valence-corrected chi connectivity index (χ0v) is 34.0. The molecule has 0 N–H and O–H groups in total. The Morgan fingerprint density at radius 3 is 1.03 bits per heavy atom. The molecule has 0 amide bonds. The highest BCUT2D eigenvalue weighted by molar-refractivity contribution is 6.31. The van der Waals surface area contributed by atoms with Gasteiger partial charge in [0.15, 0.2) is 0 Å². The van der Waals surface area contributed by atoms with E-state index in [1.165, 1.54) is 37.4 Å². The molecule has 0 aliphatic rings. The molecule has 0 spiro atoms. The van der Waals surface area contributed by atoms with Crippen molar-refractivity contribution in [3.8, 4) is 33.8 Å². The molecule has 2 atom stereocenters. The van der Waals surface area contributed by atoms with E-state index in [0.717, 1.165) is 31.4 Å². The number of nitrogens with zero attached hydrogens (tertiary/aromatic N) is 4. The van der Waals surface area contributed by atoms with E-state index in [1.807, 2.05) is 24.3 Å². The molecule has 6 aromatic rings. The normalized spacial score (nSPS) is 13.7. The van der Waals surface area contributed by atoms with E-state index < -0.39 is 46.2 Å². The Bertz CT molecular complexity index is 2220.